The molecule has 1 heterocycles. The van der Waals surface area contributed by atoms with Crippen LogP contribution in [0.5, 0.6) is 5.75 Å². The van der Waals surface area contributed by atoms with Crippen molar-refractivity contribution in [3.8, 4) is 23.3 Å². The fourth-order valence-electron chi connectivity index (χ4n) is 2.92. The summed E-state index contributed by atoms with van der Waals surface area (Å²) in [6.45, 7) is 1.85. The topological polar surface area (TPSA) is 88.1 Å². The van der Waals surface area contributed by atoms with E-state index < -0.39 is 0 Å². The molecule has 0 saturated carbocycles. The van der Waals surface area contributed by atoms with Gasteiger partial charge in [-0.1, -0.05) is 24.3 Å². The average Bonchev–Trinajstić information content (AvgIpc) is 3.18. The van der Waals surface area contributed by atoms with Crippen molar-refractivity contribution >= 4 is 22.7 Å². The molecular weight excluding hydrogens is 366 g/mol. The van der Waals surface area contributed by atoms with Gasteiger partial charge in [-0.25, -0.2) is 4.98 Å². The summed E-state index contributed by atoms with van der Waals surface area (Å²) in [5, 5.41) is 12.0. The van der Waals surface area contributed by atoms with Crippen LogP contribution in [0.4, 0.5) is 5.69 Å². The molecule has 0 aliphatic rings. The Labute approximate surface area is 167 Å². The molecule has 4 aromatic rings. The number of fused-ring (bicyclic) bond motifs is 1. The maximum Gasteiger partial charge on any atom is 0.262 e. The Morgan fingerprint density at radius 3 is 2.66 bits per heavy atom. The van der Waals surface area contributed by atoms with E-state index >= 15 is 0 Å². The smallest absolute Gasteiger partial charge is 0.262 e. The first-order valence-corrected chi connectivity index (χ1v) is 9.02. The fraction of sp³-hybridized carbons (Fsp3) is 0.0870. The van der Waals surface area contributed by atoms with Crippen molar-refractivity contribution in [2.75, 3.05) is 11.9 Å². The number of carbonyl (C=O) groups excluding carboxylic acids is 1. The molecule has 1 amide bonds. The van der Waals surface area contributed by atoms with Gasteiger partial charge in [0.25, 0.3) is 5.91 Å². The van der Waals surface area contributed by atoms with Gasteiger partial charge < -0.3 is 14.5 Å². The van der Waals surface area contributed by atoms with E-state index in [4.69, 9.17) is 9.15 Å². The highest BCUT2D eigenvalue weighted by Gasteiger charge is 2.12. The summed E-state index contributed by atoms with van der Waals surface area (Å²) in [4.78, 5) is 16.6. The summed E-state index contributed by atoms with van der Waals surface area (Å²) < 4.78 is 11.3. The van der Waals surface area contributed by atoms with E-state index in [1.165, 1.54) is 0 Å². The molecule has 1 aromatic heterocycles. The van der Waals surface area contributed by atoms with Crippen LogP contribution in [0.3, 0.4) is 0 Å². The zero-order valence-corrected chi connectivity index (χ0v) is 15.7. The molecule has 0 aliphatic carbocycles. The van der Waals surface area contributed by atoms with Gasteiger partial charge >= 0.3 is 0 Å². The molecule has 0 fully saturated rings. The van der Waals surface area contributed by atoms with E-state index in [9.17, 15) is 10.1 Å². The number of aromatic nitrogens is 1. The Morgan fingerprint density at radius 2 is 1.90 bits per heavy atom. The lowest BCUT2D eigenvalue weighted by Crippen LogP contribution is -2.20. The van der Waals surface area contributed by atoms with Crippen molar-refractivity contribution in [3.05, 3.63) is 77.9 Å². The minimum absolute atomic E-state index is 0.0747. The second kappa shape index (κ2) is 7.87. The maximum absolute atomic E-state index is 12.1. The largest absolute Gasteiger partial charge is 0.483 e. The molecule has 3 aromatic carbocycles. The molecule has 4 rings (SSSR count). The highest BCUT2D eigenvalue weighted by molar-refractivity contribution is 5.92. The summed E-state index contributed by atoms with van der Waals surface area (Å²) in [5.74, 6) is 0.857. The van der Waals surface area contributed by atoms with Crippen LogP contribution in [0, 0.1) is 18.3 Å². The number of nitrogens with one attached hydrogen (secondary N) is 1. The molecule has 1 N–H and O–H groups in total. The van der Waals surface area contributed by atoms with E-state index in [1.54, 1.807) is 42.5 Å². The Hall–Kier alpha value is -4.11. The van der Waals surface area contributed by atoms with E-state index in [-0.39, 0.29) is 12.5 Å². The highest BCUT2D eigenvalue weighted by atomic mass is 16.5. The minimum atomic E-state index is -0.249. The molecule has 29 heavy (non-hydrogen) atoms. The van der Waals surface area contributed by atoms with E-state index in [0.29, 0.717) is 34.0 Å². The van der Waals surface area contributed by atoms with Gasteiger partial charge in [-0.05, 0) is 55.0 Å². The van der Waals surface area contributed by atoms with E-state index in [0.717, 1.165) is 11.1 Å². The number of hydrogen-bond donors (Lipinski definition) is 1. The lowest BCUT2D eigenvalue weighted by Gasteiger charge is -2.09. The molecule has 6 nitrogen and oxygen atoms in total. The number of rotatable bonds is 5. The molecule has 0 atom stereocenters. The minimum Gasteiger partial charge on any atom is -0.483 e. The lowest BCUT2D eigenvalue weighted by molar-refractivity contribution is -0.118. The summed E-state index contributed by atoms with van der Waals surface area (Å²) in [6, 6.07) is 22.0. The molecular formula is C23H17N3O3. The van der Waals surface area contributed by atoms with Crippen molar-refractivity contribution in [3.63, 3.8) is 0 Å². The fourth-order valence-corrected chi connectivity index (χ4v) is 2.92. The summed E-state index contributed by atoms with van der Waals surface area (Å²) in [5.41, 5.74) is 3.90. The third-order valence-corrected chi connectivity index (χ3v) is 4.40. The van der Waals surface area contributed by atoms with Crippen LogP contribution in [0.25, 0.3) is 22.6 Å². The number of ether oxygens (including phenoxy) is 1. The number of carbonyl (C=O) groups is 1. The predicted octanol–water partition coefficient (Wildman–Crippen LogP) is 4.69. The second-order valence-corrected chi connectivity index (χ2v) is 6.46. The summed E-state index contributed by atoms with van der Waals surface area (Å²) in [7, 11) is 0. The predicted molar refractivity (Wildman–Crippen MR) is 109 cm³/mol. The quantitative estimate of drug-likeness (QED) is 0.540. The number of nitrogens with zero attached hydrogens (tertiary/aromatic N) is 2. The van der Waals surface area contributed by atoms with E-state index in [1.807, 2.05) is 31.2 Å². The zero-order chi connectivity index (χ0) is 20.2. The zero-order valence-electron chi connectivity index (χ0n) is 15.7. The number of oxazole rings is 1. The number of para-hydroxylation sites is 2. The van der Waals surface area contributed by atoms with Crippen molar-refractivity contribution in [1.29, 1.82) is 5.26 Å². The van der Waals surface area contributed by atoms with Crippen molar-refractivity contribution in [2.24, 2.45) is 0 Å². The Bertz CT molecular complexity index is 1220. The normalized spacial score (nSPS) is 10.5. The number of anilines is 1. The second-order valence-electron chi connectivity index (χ2n) is 6.46. The van der Waals surface area contributed by atoms with Gasteiger partial charge in [0.2, 0.25) is 5.89 Å². The number of amides is 1. The lowest BCUT2D eigenvalue weighted by atomic mass is 10.2. The highest BCUT2D eigenvalue weighted by Crippen LogP contribution is 2.27. The monoisotopic (exact) mass is 383 g/mol. The first-order chi connectivity index (χ1) is 14.1. The molecule has 0 radical (unpaired) electrons. The van der Waals surface area contributed by atoms with Crippen LogP contribution in [0.2, 0.25) is 0 Å². The molecule has 0 aliphatic heterocycles. The van der Waals surface area contributed by atoms with Crippen LogP contribution < -0.4 is 10.1 Å². The standard InChI is InChI=1S/C23H17N3O3/c1-15-5-2-3-8-20(15)28-14-21(27)25-18-11-9-16(10-12-18)23-26-19-7-4-6-17(13-24)22(19)29-23/h2-12H,14H2,1H3,(H,25,27). The van der Waals surface area contributed by atoms with Crippen LogP contribution in [-0.2, 0) is 4.79 Å². The molecule has 0 bridgehead atoms. The molecule has 0 saturated heterocycles. The van der Waals surface area contributed by atoms with Crippen LogP contribution in [0.1, 0.15) is 11.1 Å². The van der Waals surface area contributed by atoms with Gasteiger partial charge in [-0.15, -0.1) is 0 Å². The third kappa shape index (κ3) is 3.94. The molecule has 6 heteroatoms. The number of benzene rings is 3. The van der Waals surface area contributed by atoms with Gasteiger partial charge in [0.05, 0.1) is 5.56 Å². The van der Waals surface area contributed by atoms with Gasteiger partial charge in [0.15, 0.2) is 12.2 Å². The first-order valence-electron chi connectivity index (χ1n) is 9.02. The number of hydrogen-bond acceptors (Lipinski definition) is 5. The van der Waals surface area contributed by atoms with Gasteiger partial charge in [-0.3, -0.25) is 4.79 Å². The summed E-state index contributed by atoms with van der Waals surface area (Å²) >= 11 is 0. The van der Waals surface area contributed by atoms with Crippen molar-refractivity contribution in [1.82, 2.24) is 4.98 Å². The SMILES string of the molecule is Cc1ccccc1OCC(=O)Nc1ccc(-c2nc3cccc(C#N)c3o2)cc1. The molecule has 0 spiro atoms. The average molecular weight is 383 g/mol. The molecule has 0 unspecified atom stereocenters. The van der Waals surface area contributed by atoms with Gasteiger partial charge in [-0.2, -0.15) is 5.26 Å². The number of aryl methyl sites for hydroxylation is 1. The Balaban J connectivity index is 1.43. The first kappa shape index (κ1) is 18.3. The van der Waals surface area contributed by atoms with Gasteiger partial charge in [0.1, 0.15) is 17.3 Å². The van der Waals surface area contributed by atoms with Crippen molar-refractivity contribution < 1.29 is 13.9 Å². The Morgan fingerprint density at radius 1 is 1.10 bits per heavy atom. The van der Waals surface area contributed by atoms with Crippen LogP contribution >= 0.6 is 0 Å². The van der Waals surface area contributed by atoms with Crippen LogP contribution in [-0.4, -0.2) is 17.5 Å². The molecule has 142 valence electrons. The number of nitriles is 1. The Kier molecular flexibility index (Phi) is 4.95. The van der Waals surface area contributed by atoms with Crippen molar-refractivity contribution in [2.45, 2.75) is 6.92 Å². The van der Waals surface area contributed by atoms with E-state index in [2.05, 4.69) is 16.4 Å². The van der Waals surface area contributed by atoms with Crippen LogP contribution in [0.15, 0.2) is 71.1 Å². The third-order valence-electron chi connectivity index (χ3n) is 4.40. The van der Waals surface area contributed by atoms with Gasteiger partial charge in [0, 0.05) is 11.3 Å². The summed E-state index contributed by atoms with van der Waals surface area (Å²) in [6.07, 6.45) is 0. The maximum atomic E-state index is 12.1.